The summed E-state index contributed by atoms with van der Waals surface area (Å²) in [5.41, 5.74) is 6.02. The molecule has 2 aromatic carbocycles. The van der Waals surface area contributed by atoms with Crippen LogP contribution in [0.4, 0.5) is 0 Å². The highest BCUT2D eigenvalue weighted by atomic mass is 16.6. The van der Waals surface area contributed by atoms with Gasteiger partial charge in [-0.25, -0.2) is 0 Å². The van der Waals surface area contributed by atoms with Crippen molar-refractivity contribution in [1.82, 2.24) is 0 Å². The number of cyclic esters (lactones) is 1. The molecule has 0 unspecified atom stereocenters. The number of carbonyl (C=O) groups is 1. The van der Waals surface area contributed by atoms with Gasteiger partial charge in [-0.3, -0.25) is 4.79 Å². The number of esters is 1. The van der Waals surface area contributed by atoms with Crippen molar-refractivity contribution >= 4 is 11.5 Å². The molecule has 1 saturated heterocycles. The first-order valence-corrected chi connectivity index (χ1v) is 12.4. The second-order valence-corrected chi connectivity index (χ2v) is 10.4. The minimum absolute atomic E-state index is 0.106. The van der Waals surface area contributed by atoms with Crippen molar-refractivity contribution in [2.75, 3.05) is 6.61 Å². The number of hydrogen-bond donors (Lipinski definition) is 1. The van der Waals surface area contributed by atoms with Gasteiger partial charge in [-0.2, -0.15) is 0 Å². The van der Waals surface area contributed by atoms with Crippen LogP contribution in [0.5, 0.6) is 5.75 Å². The van der Waals surface area contributed by atoms with E-state index in [1.165, 1.54) is 16.7 Å². The third-order valence-electron chi connectivity index (χ3n) is 7.13. The molecule has 4 nitrogen and oxygen atoms in total. The number of aryl methyl sites for hydroxylation is 2. The summed E-state index contributed by atoms with van der Waals surface area (Å²) in [6.07, 6.45) is 3.55. The topological polar surface area (TPSA) is 55.8 Å². The van der Waals surface area contributed by atoms with E-state index in [0.29, 0.717) is 19.4 Å². The Hall–Kier alpha value is -2.59. The fraction of sp³-hybridized carbons (Fsp3) is 0.500. The Bertz CT molecular complexity index is 1040. The number of ether oxygens (including phenoxy) is 2. The Kier molecular flexibility index (Phi) is 7.92. The summed E-state index contributed by atoms with van der Waals surface area (Å²) in [6, 6.07) is 13.1. The molecule has 1 fully saturated rings. The molecule has 184 valence electrons. The van der Waals surface area contributed by atoms with E-state index >= 15 is 0 Å². The molecule has 0 bridgehead atoms. The molecule has 0 amide bonds. The highest BCUT2D eigenvalue weighted by molar-refractivity contribution is 5.71. The van der Waals surface area contributed by atoms with Crippen LogP contribution in [0.15, 0.2) is 43.0 Å². The van der Waals surface area contributed by atoms with Gasteiger partial charge in [-0.15, -0.1) is 0 Å². The number of benzene rings is 2. The van der Waals surface area contributed by atoms with Crippen LogP contribution in [-0.4, -0.2) is 29.4 Å². The first kappa shape index (κ1) is 26.0. The number of aliphatic hydroxyl groups is 1. The number of hydrogen-bond acceptors (Lipinski definition) is 4. The fourth-order valence-electron chi connectivity index (χ4n) is 5.20. The fourth-order valence-corrected chi connectivity index (χ4v) is 5.20. The van der Waals surface area contributed by atoms with Crippen LogP contribution in [0.25, 0.3) is 5.57 Å². The molecule has 4 heteroatoms. The Morgan fingerprint density at radius 1 is 1.09 bits per heavy atom. The first-order chi connectivity index (χ1) is 16.0. The van der Waals surface area contributed by atoms with Crippen molar-refractivity contribution in [3.8, 4) is 5.75 Å². The zero-order valence-corrected chi connectivity index (χ0v) is 21.7. The molecule has 1 N–H and O–H groups in total. The molecule has 1 heterocycles. The lowest BCUT2D eigenvalue weighted by molar-refractivity contribution is -0.142. The standard InChI is InChI=1S/C30H40O4/c1-8-30(9-2,23-10-13-26(20(3)16-23)22(5)18-29(6,7)32)24-11-14-27(21(4)17-24)33-19-25-12-15-28(31)34-25/h10-11,13-14,16-17,25,32H,5,8-9,12,15,18-19H2,1-4,6-7H3/t25-/m0/s1. The predicted octanol–water partition coefficient (Wildman–Crippen LogP) is 6.67. The van der Waals surface area contributed by atoms with Gasteiger partial charge < -0.3 is 14.6 Å². The zero-order chi connectivity index (χ0) is 25.1. The van der Waals surface area contributed by atoms with E-state index in [0.717, 1.165) is 41.7 Å². The predicted molar refractivity (Wildman–Crippen MR) is 138 cm³/mol. The normalized spacial score (nSPS) is 16.4. The lowest BCUT2D eigenvalue weighted by Gasteiger charge is -2.34. The van der Waals surface area contributed by atoms with Gasteiger partial charge in [0.15, 0.2) is 0 Å². The van der Waals surface area contributed by atoms with E-state index in [-0.39, 0.29) is 17.5 Å². The van der Waals surface area contributed by atoms with E-state index in [9.17, 15) is 9.90 Å². The summed E-state index contributed by atoms with van der Waals surface area (Å²) in [7, 11) is 0. The molecule has 34 heavy (non-hydrogen) atoms. The maximum absolute atomic E-state index is 11.3. The zero-order valence-electron chi connectivity index (χ0n) is 21.7. The summed E-state index contributed by atoms with van der Waals surface area (Å²) in [5, 5.41) is 10.2. The maximum atomic E-state index is 11.3. The molecule has 0 aliphatic carbocycles. The van der Waals surface area contributed by atoms with E-state index in [1.54, 1.807) is 0 Å². The molecular weight excluding hydrogens is 424 g/mol. The van der Waals surface area contributed by atoms with Crippen LogP contribution in [0.3, 0.4) is 0 Å². The van der Waals surface area contributed by atoms with Gasteiger partial charge in [0.1, 0.15) is 18.5 Å². The third-order valence-corrected chi connectivity index (χ3v) is 7.13. The first-order valence-electron chi connectivity index (χ1n) is 12.4. The van der Waals surface area contributed by atoms with Gasteiger partial charge in [0.25, 0.3) is 0 Å². The Balaban J connectivity index is 1.86. The molecule has 3 rings (SSSR count). The van der Waals surface area contributed by atoms with Crippen molar-refractivity contribution in [3.05, 3.63) is 70.8 Å². The molecule has 0 aromatic heterocycles. The van der Waals surface area contributed by atoms with E-state index in [4.69, 9.17) is 9.47 Å². The van der Waals surface area contributed by atoms with Gasteiger partial charge >= 0.3 is 5.97 Å². The lowest BCUT2D eigenvalue weighted by Crippen LogP contribution is -2.26. The number of carbonyl (C=O) groups excluding carboxylic acids is 1. The van der Waals surface area contributed by atoms with Gasteiger partial charge in [-0.05, 0) is 86.4 Å². The summed E-state index contributed by atoms with van der Waals surface area (Å²) >= 11 is 0. The molecule has 0 spiro atoms. The highest BCUT2D eigenvalue weighted by Crippen LogP contribution is 2.41. The minimum atomic E-state index is -0.778. The molecule has 1 atom stereocenters. The third kappa shape index (κ3) is 5.72. The maximum Gasteiger partial charge on any atom is 0.306 e. The smallest absolute Gasteiger partial charge is 0.306 e. The molecule has 0 saturated carbocycles. The Labute approximate surface area is 205 Å². The van der Waals surface area contributed by atoms with Crippen molar-refractivity contribution in [1.29, 1.82) is 0 Å². The van der Waals surface area contributed by atoms with E-state index < -0.39 is 5.60 Å². The average Bonchev–Trinajstić information content (AvgIpc) is 3.18. The van der Waals surface area contributed by atoms with Crippen LogP contribution < -0.4 is 4.74 Å². The largest absolute Gasteiger partial charge is 0.489 e. The summed E-state index contributed by atoms with van der Waals surface area (Å²) in [6.45, 7) is 17.0. The van der Waals surface area contributed by atoms with E-state index in [1.807, 2.05) is 19.9 Å². The average molecular weight is 465 g/mol. The van der Waals surface area contributed by atoms with Gasteiger partial charge in [0.2, 0.25) is 0 Å². The van der Waals surface area contributed by atoms with Crippen molar-refractivity contribution < 1.29 is 19.4 Å². The summed E-state index contributed by atoms with van der Waals surface area (Å²) < 4.78 is 11.3. The summed E-state index contributed by atoms with van der Waals surface area (Å²) in [4.78, 5) is 11.3. The van der Waals surface area contributed by atoms with Crippen LogP contribution in [0.2, 0.25) is 0 Å². The van der Waals surface area contributed by atoms with Crippen LogP contribution in [-0.2, 0) is 14.9 Å². The highest BCUT2D eigenvalue weighted by Gasteiger charge is 2.32. The Morgan fingerprint density at radius 3 is 2.21 bits per heavy atom. The summed E-state index contributed by atoms with van der Waals surface area (Å²) in [5.74, 6) is 0.698. The number of rotatable bonds is 10. The van der Waals surface area contributed by atoms with Gasteiger partial charge in [-0.1, -0.05) is 50.8 Å². The van der Waals surface area contributed by atoms with Crippen molar-refractivity contribution in [2.45, 2.75) is 90.8 Å². The minimum Gasteiger partial charge on any atom is -0.489 e. The second-order valence-electron chi connectivity index (χ2n) is 10.4. The lowest BCUT2D eigenvalue weighted by atomic mass is 9.69. The monoisotopic (exact) mass is 464 g/mol. The van der Waals surface area contributed by atoms with Crippen molar-refractivity contribution in [2.24, 2.45) is 0 Å². The van der Waals surface area contributed by atoms with E-state index in [2.05, 4.69) is 64.6 Å². The quantitative estimate of drug-likeness (QED) is 0.399. The van der Waals surface area contributed by atoms with Gasteiger partial charge in [0.05, 0.1) is 5.60 Å². The second kappa shape index (κ2) is 10.4. The molecule has 2 aromatic rings. The van der Waals surface area contributed by atoms with Crippen LogP contribution in [0.1, 0.15) is 87.6 Å². The van der Waals surface area contributed by atoms with Crippen molar-refractivity contribution in [3.63, 3.8) is 0 Å². The molecule has 0 radical (unpaired) electrons. The molecular formula is C30H40O4. The molecule has 1 aliphatic rings. The Morgan fingerprint density at radius 2 is 1.71 bits per heavy atom. The van der Waals surface area contributed by atoms with Crippen LogP contribution in [0, 0.1) is 13.8 Å². The van der Waals surface area contributed by atoms with Gasteiger partial charge in [0, 0.05) is 18.3 Å². The SMILES string of the molecule is C=C(CC(C)(C)O)c1ccc(C(CC)(CC)c2ccc(OC[C@@H]3CCC(=O)O3)c(C)c2)cc1C. The molecule has 1 aliphatic heterocycles. The van der Waals surface area contributed by atoms with Crippen LogP contribution >= 0.6 is 0 Å².